The molecule has 1 unspecified atom stereocenters. The molecular weight excluding hydrogens is 404 g/mol. The Morgan fingerprint density at radius 2 is 2.00 bits per heavy atom. The molecule has 1 saturated heterocycles. The van der Waals surface area contributed by atoms with E-state index in [9.17, 15) is 14.4 Å². The summed E-state index contributed by atoms with van der Waals surface area (Å²) in [5.74, 6) is 0.315. The molecule has 3 heterocycles. The number of allylic oxidation sites excluding steroid dienone is 1. The minimum Gasteiger partial charge on any atom is -0.354 e. The molecule has 1 aromatic rings. The second-order valence-corrected chi connectivity index (χ2v) is 9.92. The van der Waals surface area contributed by atoms with Gasteiger partial charge in [0, 0.05) is 43.9 Å². The van der Waals surface area contributed by atoms with Gasteiger partial charge in [-0.2, -0.15) is 0 Å². The van der Waals surface area contributed by atoms with Crippen LogP contribution in [0.3, 0.4) is 0 Å². The molecule has 2 aliphatic heterocycles. The van der Waals surface area contributed by atoms with Gasteiger partial charge in [-0.25, -0.2) is 4.79 Å². The molecular formula is C25H36N4O3. The maximum Gasteiger partial charge on any atom is 0.318 e. The van der Waals surface area contributed by atoms with Gasteiger partial charge in [0.25, 0.3) is 5.56 Å². The molecule has 1 fully saturated rings. The van der Waals surface area contributed by atoms with Crippen LogP contribution < -0.4 is 16.2 Å². The maximum atomic E-state index is 13.1. The SMILES string of the molecule is CC(C)[C@H](NC(=O)N1CC2C[C@@H](C1)c1cccc(=O)n1C2)C(=O)NCCC1=CCCCC1. The number of aromatic nitrogens is 1. The lowest BCUT2D eigenvalue weighted by atomic mass is 9.83. The van der Waals surface area contributed by atoms with E-state index < -0.39 is 6.04 Å². The van der Waals surface area contributed by atoms with Crippen molar-refractivity contribution >= 4 is 11.9 Å². The van der Waals surface area contributed by atoms with Crippen molar-refractivity contribution in [1.29, 1.82) is 0 Å². The van der Waals surface area contributed by atoms with E-state index in [-0.39, 0.29) is 35.3 Å². The van der Waals surface area contributed by atoms with Crippen LogP contribution in [-0.2, 0) is 11.3 Å². The number of pyridine rings is 1. The highest BCUT2D eigenvalue weighted by Crippen LogP contribution is 2.34. The van der Waals surface area contributed by atoms with E-state index in [0.717, 1.165) is 31.4 Å². The van der Waals surface area contributed by atoms with Gasteiger partial charge in [0.15, 0.2) is 0 Å². The van der Waals surface area contributed by atoms with E-state index in [1.807, 2.05) is 29.4 Å². The first kappa shape index (κ1) is 22.6. The Hall–Kier alpha value is -2.57. The van der Waals surface area contributed by atoms with Gasteiger partial charge in [0.05, 0.1) is 0 Å². The molecule has 3 atom stereocenters. The molecule has 174 valence electrons. The summed E-state index contributed by atoms with van der Waals surface area (Å²) >= 11 is 0. The number of amides is 3. The van der Waals surface area contributed by atoms with Crippen LogP contribution in [0.4, 0.5) is 4.79 Å². The molecule has 3 amide bonds. The standard InChI is InChI=1S/C25H36N4O3/c1-17(2)23(24(31)26-12-11-18-7-4-3-5-8-18)27-25(32)28-14-19-13-20(16-28)21-9-6-10-22(30)29(21)15-19/h6-7,9-10,17,19-20,23H,3-5,8,11-16H2,1-2H3,(H,26,31)(H,27,32)/t19?,20-,23-/m0/s1. The number of rotatable bonds is 6. The Balaban J connectivity index is 1.34. The van der Waals surface area contributed by atoms with Gasteiger partial charge in [-0.15, -0.1) is 0 Å². The van der Waals surface area contributed by atoms with Crippen LogP contribution in [0, 0.1) is 11.8 Å². The molecule has 4 rings (SSSR count). The van der Waals surface area contributed by atoms with E-state index in [0.29, 0.717) is 26.2 Å². The van der Waals surface area contributed by atoms with Gasteiger partial charge in [-0.05, 0) is 56.4 Å². The molecule has 7 heteroatoms. The van der Waals surface area contributed by atoms with Gasteiger partial charge in [-0.1, -0.05) is 31.6 Å². The van der Waals surface area contributed by atoms with Crippen LogP contribution >= 0.6 is 0 Å². The van der Waals surface area contributed by atoms with Crippen LogP contribution in [0.1, 0.15) is 64.0 Å². The molecule has 0 spiro atoms. The van der Waals surface area contributed by atoms with Crippen molar-refractivity contribution in [1.82, 2.24) is 20.1 Å². The van der Waals surface area contributed by atoms with Gasteiger partial charge in [0.1, 0.15) is 6.04 Å². The van der Waals surface area contributed by atoms with Gasteiger partial charge >= 0.3 is 6.03 Å². The summed E-state index contributed by atoms with van der Waals surface area (Å²) in [7, 11) is 0. The predicted octanol–water partition coefficient (Wildman–Crippen LogP) is 3.01. The first-order chi connectivity index (χ1) is 15.4. The van der Waals surface area contributed by atoms with Crippen molar-refractivity contribution < 1.29 is 9.59 Å². The summed E-state index contributed by atoms with van der Waals surface area (Å²) in [5, 5.41) is 6.02. The van der Waals surface area contributed by atoms with Crippen LogP contribution in [0.25, 0.3) is 0 Å². The van der Waals surface area contributed by atoms with Crippen molar-refractivity contribution in [2.75, 3.05) is 19.6 Å². The van der Waals surface area contributed by atoms with Crippen LogP contribution in [0.5, 0.6) is 0 Å². The highest BCUT2D eigenvalue weighted by molar-refractivity contribution is 5.87. The molecule has 1 aliphatic carbocycles. The number of nitrogens with one attached hydrogen (secondary N) is 2. The summed E-state index contributed by atoms with van der Waals surface area (Å²) in [5.41, 5.74) is 2.48. The Bertz CT molecular complexity index is 935. The molecule has 2 bridgehead atoms. The Morgan fingerprint density at radius 1 is 1.16 bits per heavy atom. The summed E-state index contributed by atoms with van der Waals surface area (Å²) in [6, 6.07) is 4.66. The van der Waals surface area contributed by atoms with Gasteiger partial charge in [0.2, 0.25) is 5.91 Å². The molecule has 3 aliphatic rings. The third-order valence-corrected chi connectivity index (χ3v) is 7.13. The number of carbonyl (C=O) groups is 2. The van der Waals surface area contributed by atoms with E-state index in [1.54, 1.807) is 12.1 Å². The number of likely N-dealkylation sites (tertiary alicyclic amines) is 1. The second kappa shape index (κ2) is 9.92. The summed E-state index contributed by atoms with van der Waals surface area (Å²) in [4.78, 5) is 40.0. The monoisotopic (exact) mass is 440 g/mol. The van der Waals surface area contributed by atoms with E-state index in [2.05, 4.69) is 16.7 Å². The third kappa shape index (κ3) is 5.08. The summed E-state index contributed by atoms with van der Waals surface area (Å²) in [6.07, 6.45) is 8.96. The maximum absolute atomic E-state index is 13.1. The second-order valence-electron chi connectivity index (χ2n) is 9.92. The van der Waals surface area contributed by atoms with E-state index in [1.165, 1.54) is 18.4 Å². The number of hydrogen-bond donors (Lipinski definition) is 2. The molecule has 7 nitrogen and oxygen atoms in total. The Morgan fingerprint density at radius 3 is 2.75 bits per heavy atom. The normalized spacial score (nSPS) is 23.2. The summed E-state index contributed by atoms with van der Waals surface area (Å²) < 4.78 is 1.86. The number of fused-ring (bicyclic) bond motifs is 4. The topological polar surface area (TPSA) is 83.4 Å². The number of carbonyl (C=O) groups excluding carboxylic acids is 2. The zero-order valence-corrected chi connectivity index (χ0v) is 19.3. The molecule has 1 aromatic heterocycles. The molecule has 2 N–H and O–H groups in total. The van der Waals surface area contributed by atoms with E-state index >= 15 is 0 Å². The molecule has 0 saturated carbocycles. The largest absolute Gasteiger partial charge is 0.354 e. The van der Waals surface area contributed by atoms with Crippen molar-refractivity contribution in [2.45, 2.75) is 70.9 Å². The van der Waals surface area contributed by atoms with Crippen LogP contribution in [0.2, 0.25) is 0 Å². The number of nitrogens with zero attached hydrogens (tertiary/aromatic N) is 2. The summed E-state index contributed by atoms with van der Waals surface area (Å²) in [6.45, 7) is 6.38. The van der Waals surface area contributed by atoms with Crippen molar-refractivity contribution in [3.63, 3.8) is 0 Å². The zero-order valence-electron chi connectivity index (χ0n) is 19.3. The highest BCUT2D eigenvalue weighted by Gasteiger charge is 2.37. The molecule has 32 heavy (non-hydrogen) atoms. The van der Waals surface area contributed by atoms with Gasteiger partial charge in [-0.3, -0.25) is 9.59 Å². The third-order valence-electron chi connectivity index (χ3n) is 7.13. The van der Waals surface area contributed by atoms with Crippen LogP contribution in [0.15, 0.2) is 34.6 Å². The fraction of sp³-hybridized carbons (Fsp3) is 0.640. The number of piperidine rings is 1. The molecule has 0 radical (unpaired) electrons. The molecule has 0 aromatic carbocycles. The van der Waals surface area contributed by atoms with Crippen LogP contribution in [-0.4, -0.2) is 47.1 Å². The van der Waals surface area contributed by atoms with Gasteiger partial charge < -0.3 is 20.1 Å². The zero-order chi connectivity index (χ0) is 22.7. The fourth-order valence-electron chi connectivity index (χ4n) is 5.41. The number of hydrogen-bond acceptors (Lipinski definition) is 3. The lowest BCUT2D eigenvalue weighted by Gasteiger charge is -2.43. The van der Waals surface area contributed by atoms with E-state index in [4.69, 9.17) is 0 Å². The van der Waals surface area contributed by atoms with Crippen molar-refractivity contribution in [2.24, 2.45) is 11.8 Å². The Labute approximate surface area is 190 Å². The highest BCUT2D eigenvalue weighted by atomic mass is 16.2. The lowest BCUT2D eigenvalue weighted by molar-refractivity contribution is -0.123. The Kier molecular flexibility index (Phi) is 7.01. The van der Waals surface area contributed by atoms with Crippen molar-refractivity contribution in [3.05, 3.63) is 45.9 Å². The average molecular weight is 441 g/mol. The minimum absolute atomic E-state index is 0.00330. The fourth-order valence-corrected chi connectivity index (χ4v) is 5.41. The van der Waals surface area contributed by atoms with Crippen molar-refractivity contribution in [3.8, 4) is 0 Å². The average Bonchev–Trinajstić information content (AvgIpc) is 2.78. The first-order valence-corrected chi connectivity index (χ1v) is 12.1. The quantitative estimate of drug-likeness (QED) is 0.667. The number of urea groups is 1. The smallest absolute Gasteiger partial charge is 0.318 e. The first-order valence-electron chi connectivity index (χ1n) is 12.1. The lowest BCUT2D eigenvalue weighted by Crippen LogP contribution is -2.57. The predicted molar refractivity (Wildman–Crippen MR) is 124 cm³/mol. The minimum atomic E-state index is -0.556.